The summed E-state index contributed by atoms with van der Waals surface area (Å²) in [5, 5.41) is 10.2. The van der Waals surface area contributed by atoms with E-state index in [2.05, 4.69) is 15.9 Å². The first kappa shape index (κ1) is 11.6. The number of aliphatic hydroxyl groups excluding tert-OH is 1. The van der Waals surface area contributed by atoms with E-state index in [1.807, 2.05) is 6.07 Å². The first-order chi connectivity index (χ1) is 8.75. The topological polar surface area (TPSA) is 51.8 Å². The van der Waals surface area contributed by atoms with Gasteiger partial charge in [-0.15, -0.1) is 0 Å². The second-order valence-corrected chi connectivity index (χ2v) is 4.84. The van der Waals surface area contributed by atoms with E-state index in [1.165, 1.54) is 12.5 Å². The normalized spacial score (nSPS) is 15.4. The molecule has 94 valence electrons. The Kier molecular flexibility index (Phi) is 3.01. The number of halogens is 1. The maximum Gasteiger partial charge on any atom is 0.175 e. The molecule has 3 rings (SSSR count). The number of ether oxygens (including phenoxy) is 2. The van der Waals surface area contributed by atoms with Crippen LogP contribution in [0.25, 0.3) is 0 Å². The van der Waals surface area contributed by atoms with E-state index in [-0.39, 0.29) is 0 Å². The van der Waals surface area contributed by atoms with Crippen molar-refractivity contribution in [3.8, 4) is 11.5 Å². The van der Waals surface area contributed by atoms with Crippen LogP contribution in [0.1, 0.15) is 17.2 Å². The molecule has 1 aromatic heterocycles. The summed E-state index contributed by atoms with van der Waals surface area (Å²) in [5.41, 5.74) is 1.44. The van der Waals surface area contributed by atoms with Gasteiger partial charge in [0, 0.05) is 5.56 Å². The maximum atomic E-state index is 10.2. The van der Waals surface area contributed by atoms with Crippen LogP contribution in [0.3, 0.4) is 0 Å². The van der Waals surface area contributed by atoms with Crippen molar-refractivity contribution in [2.45, 2.75) is 6.10 Å². The minimum atomic E-state index is -0.740. The number of aliphatic hydroxyl groups is 1. The van der Waals surface area contributed by atoms with Gasteiger partial charge in [0.2, 0.25) is 0 Å². The summed E-state index contributed by atoms with van der Waals surface area (Å²) in [6, 6.07) is 5.34. The third kappa shape index (κ3) is 2.00. The van der Waals surface area contributed by atoms with Crippen LogP contribution in [-0.2, 0) is 0 Å². The van der Waals surface area contributed by atoms with Gasteiger partial charge in [0.05, 0.1) is 17.0 Å². The Morgan fingerprint density at radius 2 is 2.00 bits per heavy atom. The van der Waals surface area contributed by atoms with Crippen molar-refractivity contribution in [2.75, 3.05) is 13.2 Å². The molecule has 0 radical (unpaired) electrons. The highest BCUT2D eigenvalue weighted by Gasteiger charge is 2.20. The molecular formula is C13H11BrO4. The van der Waals surface area contributed by atoms with Gasteiger partial charge in [-0.1, -0.05) is 0 Å². The summed E-state index contributed by atoms with van der Waals surface area (Å²) in [6.45, 7) is 1.06. The highest BCUT2D eigenvalue weighted by atomic mass is 79.9. The third-order valence-corrected chi connectivity index (χ3v) is 3.38. The van der Waals surface area contributed by atoms with E-state index < -0.39 is 6.10 Å². The van der Waals surface area contributed by atoms with Crippen LogP contribution in [-0.4, -0.2) is 18.3 Å². The third-order valence-electron chi connectivity index (χ3n) is 2.79. The van der Waals surface area contributed by atoms with Gasteiger partial charge in [0.25, 0.3) is 0 Å². The van der Waals surface area contributed by atoms with Gasteiger partial charge in [-0.25, -0.2) is 0 Å². The van der Waals surface area contributed by atoms with Gasteiger partial charge in [-0.05, 0) is 39.7 Å². The molecule has 0 aliphatic carbocycles. The molecule has 1 N–H and O–H groups in total. The summed E-state index contributed by atoms with van der Waals surface area (Å²) >= 11 is 3.42. The quantitative estimate of drug-likeness (QED) is 0.926. The lowest BCUT2D eigenvalue weighted by Gasteiger charge is -2.21. The van der Waals surface area contributed by atoms with E-state index >= 15 is 0 Å². The van der Waals surface area contributed by atoms with Gasteiger partial charge in [0.15, 0.2) is 11.5 Å². The molecule has 0 saturated carbocycles. The Morgan fingerprint density at radius 3 is 2.78 bits per heavy atom. The van der Waals surface area contributed by atoms with Crippen LogP contribution in [0.4, 0.5) is 0 Å². The molecule has 0 amide bonds. The van der Waals surface area contributed by atoms with Gasteiger partial charge in [-0.2, -0.15) is 0 Å². The van der Waals surface area contributed by atoms with Gasteiger partial charge in [0.1, 0.15) is 19.3 Å². The largest absolute Gasteiger partial charge is 0.486 e. The van der Waals surface area contributed by atoms with Crippen molar-refractivity contribution >= 4 is 15.9 Å². The highest BCUT2D eigenvalue weighted by Crippen LogP contribution is 2.40. The summed E-state index contributed by atoms with van der Waals surface area (Å²) in [4.78, 5) is 0. The molecule has 0 spiro atoms. The number of fused-ring (bicyclic) bond motifs is 1. The van der Waals surface area contributed by atoms with Crippen LogP contribution in [0.15, 0.2) is 39.6 Å². The SMILES string of the molecule is OC(c1ccoc1)c1cc(Br)c2c(c1)OCCO2. The molecule has 1 aromatic carbocycles. The zero-order valence-electron chi connectivity index (χ0n) is 9.43. The molecule has 2 heterocycles. The van der Waals surface area contributed by atoms with Crippen molar-refractivity contribution < 1.29 is 19.0 Å². The minimum Gasteiger partial charge on any atom is -0.486 e. The van der Waals surface area contributed by atoms with Crippen molar-refractivity contribution in [2.24, 2.45) is 0 Å². The number of hydrogen-bond donors (Lipinski definition) is 1. The van der Waals surface area contributed by atoms with Crippen molar-refractivity contribution in [3.05, 3.63) is 46.3 Å². The van der Waals surface area contributed by atoms with E-state index in [0.29, 0.717) is 30.3 Å². The molecule has 4 nitrogen and oxygen atoms in total. The Labute approximate surface area is 112 Å². The fourth-order valence-electron chi connectivity index (χ4n) is 1.91. The Bertz CT molecular complexity index is 550. The van der Waals surface area contributed by atoms with Crippen molar-refractivity contribution in [1.29, 1.82) is 0 Å². The number of benzene rings is 1. The lowest BCUT2D eigenvalue weighted by Crippen LogP contribution is -2.16. The summed E-state index contributed by atoms with van der Waals surface area (Å²) in [7, 11) is 0. The monoisotopic (exact) mass is 310 g/mol. The molecule has 1 unspecified atom stereocenters. The molecule has 2 aromatic rings. The lowest BCUT2D eigenvalue weighted by atomic mass is 10.0. The smallest absolute Gasteiger partial charge is 0.175 e. The first-order valence-corrected chi connectivity index (χ1v) is 6.34. The number of hydrogen-bond acceptors (Lipinski definition) is 4. The van der Waals surface area contributed by atoms with Crippen molar-refractivity contribution in [1.82, 2.24) is 0 Å². The Morgan fingerprint density at radius 1 is 1.17 bits per heavy atom. The molecule has 1 aliphatic heterocycles. The van der Waals surface area contributed by atoms with E-state index in [9.17, 15) is 5.11 Å². The standard InChI is InChI=1S/C13H11BrO4/c14-10-5-9(12(15)8-1-2-16-7-8)6-11-13(10)18-4-3-17-11/h1-2,5-7,12,15H,3-4H2. The minimum absolute atomic E-state index is 0.519. The van der Waals surface area contributed by atoms with Crippen LogP contribution in [0.2, 0.25) is 0 Å². The predicted molar refractivity (Wildman–Crippen MR) is 67.9 cm³/mol. The first-order valence-electron chi connectivity index (χ1n) is 5.55. The maximum absolute atomic E-state index is 10.2. The highest BCUT2D eigenvalue weighted by molar-refractivity contribution is 9.10. The molecular weight excluding hydrogens is 300 g/mol. The van der Waals surface area contributed by atoms with Crippen molar-refractivity contribution in [3.63, 3.8) is 0 Å². The fraction of sp³-hybridized carbons (Fsp3) is 0.231. The summed E-state index contributed by atoms with van der Waals surface area (Å²) in [6.07, 6.45) is 2.32. The van der Waals surface area contributed by atoms with Gasteiger partial charge >= 0.3 is 0 Å². The van der Waals surface area contributed by atoms with Gasteiger partial charge < -0.3 is 19.0 Å². The second kappa shape index (κ2) is 4.66. The molecule has 0 saturated heterocycles. The second-order valence-electron chi connectivity index (χ2n) is 3.99. The van der Waals surface area contributed by atoms with Crippen LogP contribution >= 0.6 is 15.9 Å². The van der Waals surface area contributed by atoms with E-state index in [4.69, 9.17) is 13.9 Å². The van der Waals surface area contributed by atoms with Crippen LogP contribution in [0, 0.1) is 0 Å². The average molecular weight is 311 g/mol. The predicted octanol–water partition coefficient (Wildman–Crippen LogP) is 2.90. The van der Waals surface area contributed by atoms with E-state index in [0.717, 1.165) is 10.0 Å². The molecule has 1 atom stereocenters. The summed E-state index contributed by atoms with van der Waals surface area (Å²) in [5.74, 6) is 1.33. The zero-order valence-corrected chi connectivity index (χ0v) is 11.0. The lowest BCUT2D eigenvalue weighted by molar-refractivity contribution is 0.168. The molecule has 18 heavy (non-hydrogen) atoms. The molecule has 0 bridgehead atoms. The number of furan rings is 1. The fourth-order valence-corrected chi connectivity index (χ4v) is 2.49. The average Bonchev–Trinajstić information content (AvgIpc) is 2.91. The Balaban J connectivity index is 2.00. The Hall–Kier alpha value is -1.46. The molecule has 0 fully saturated rings. The van der Waals surface area contributed by atoms with E-state index in [1.54, 1.807) is 12.1 Å². The van der Waals surface area contributed by atoms with Gasteiger partial charge in [-0.3, -0.25) is 0 Å². The molecule has 1 aliphatic rings. The summed E-state index contributed by atoms with van der Waals surface area (Å²) < 4.78 is 16.8. The van der Waals surface area contributed by atoms with Crippen LogP contribution in [0.5, 0.6) is 11.5 Å². The molecule has 5 heteroatoms. The van der Waals surface area contributed by atoms with Crippen LogP contribution < -0.4 is 9.47 Å². The number of rotatable bonds is 2. The zero-order chi connectivity index (χ0) is 12.5.